The Bertz CT molecular complexity index is 1450. The Morgan fingerprint density at radius 2 is 1.81 bits per heavy atom. The number of alkyl halides is 3. The number of carbonyl (C=O) groups excluding carboxylic acids is 2. The number of nitrogens with zero attached hydrogens (tertiary/aromatic N) is 3. The van der Waals surface area contributed by atoms with Crippen LogP contribution in [0.4, 0.5) is 28.0 Å². The van der Waals surface area contributed by atoms with Crippen LogP contribution in [0, 0.1) is 12.7 Å². The minimum atomic E-state index is -4.96. The molecule has 0 radical (unpaired) electrons. The SMILES string of the molecule is Cc1nn(C)c2nc(OCc3ccccc3)c(C(=O)NC(=O)Nc3ccc(F)c(C(F)(F)F)c3)cc12. The van der Waals surface area contributed by atoms with Crippen molar-refractivity contribution in [2.45, 2.75) is 19.7 Å². The van der Waals surface area contributed by atoms with Gasteiger partial charge in [-0.05, 0) is 36.8 Å². The number of anilines is 1. The molecule has 12 heteroatoms. The Morgan fingerprint density at radius 1 is 1.08 bits per heavy atom. The van der Waals surface area contributed by atoms with Gasteiger partial charge in [-0.15, -0.1) is 0 Å². The topological polar surface area (TPSA) is 98.1 Å². The van der Waals surface area contributed by atoms with Crippen LogP contribution < -0.4 is 15.4 Å². The zero-order valence-corrected chi connectivity index (χ0v) is 19.0. The molecule has 0 spiro atoms. The summed E-state index contributed by atoms with van der Waals surface area (Å²) >= 11 is 0. The fourth-order valence-electron chi connectivity index (χ4n) is 3.48. The van der Waals surface area contributed by atoms with Crippen LogP contribution in [0.3, 0.4) is 0 Å². The fraction of sp³-hybridized carbons (Fsp3) is 0.167. The van der Waals surface area contributed by atoms with Crippen molar-refractivity contribution in [2.75, 3.05) is 5.32 Å². The van der Waals surface area contributed by atoms with Crippen LogP contribution in [0.2, 0.25) is 0 Å². The van der Waals surface area contributed by atoms with Crippen LogP contribution in [-0.2, 0) is 19.8 Å². The molecular weight excluding hydrogens is 482 g/mol. The first-order valence-electron chi connectivity index (χ1n) is 10.5. The fourth-order valence-corrected chi connectivity index (χ4v) is 3.48. The van der Waals surface area contributed by atoms with Crippen molar-refractivity contribution in [3.63, 3.8) is 0 Å². The lowest BCUT2D eigenvalue weighted by molar-refractivity contribution is -0.139. The highest BCUT2D eigenvalue weighted by atomic mass is 19.4. The number of fused-ring (bicyclic) bond motifs is 1. The largest absolute Gasteiger partial charge is 0.472 e. The number of imide groups is 1. The predicted molar refractivity (Wildman–Crippen MR) is 122 cm³/mol. The molecule has 0 saturated carbocycles. The molecule has 2 heterocycles. The van der Waals surface area contributed by atoms with E-state index in [1.165, 1.54) is 10.7 Å². The number of aryl methyl sites for hydroxylation is 2. The Balaban J connectivity index is 1.58. The molecule has 0 bridgehead atoms. The van der Waals surface area contributed by atoms with Crippen molar-refractivity contribution in [1.29, 1.82) is 0 Å². The van der Waals surface area contributed by atoms with E-state index in [-0.39, 0.29) is 23.7 Å². The van der Waals surface area contributed by atoms with Crippen LogP contribution in [0.1, 0.15) is 27.2 Å². The van der Waals surface area contributed by atoms with Gasteiger partial charge in [0.2, 0.25) is 5.88 Å². The molecule has 0 aliphatic carbocycles. The third kappa shape index (κ3) is 5.27. The van der Waals surface area contributed by atoms with Crippen LogP contribution in [0.25, 0.3) is 11.0 Å². The molecule has 0 saturated heterocycles. The van der Waals surface area contributed by atoms with E-state index in [0.29, 0.717) is 28.9 Å². The highest BCUT2D eigenvalue weighted by Gasteiger charge is 2.34. The van der Waals surface area contributed by atoms with Gasteiger partial charge in [-0.1, -0.05) is 30.3 Å². The number of rotatable bonds is 5. The van der Waals surface area contributed by atoms with Gasteiger partial charge in [0.15, 0.2) is 5.65 Å². The molecule has 0 aliphatic heterocycles. The lowest BCUT2D eigenvalue weighted by Crippen LogP contribution is -2.34. The van der Waals surface area contributed by atoms with Crippen molar-refractivity contribution in [3.8, 4) is 5.88 Å². The smallest absolute Gasteiger partial charge is 0.419 e. The standard InChI is InChI=1S/C24H19F4N5O3/c1-13-16-11-17(22(30-20(16)33(2)32-13)36-12-14-6-4-3-5-7-14)21(34)31-23(35)29-15-8-9-19(25)18(10-15)24(26,27)28/h3-11H,12H2,1-2H3,(H2,29,31,34,35). The van der Waals surface area contributed by atoms with Crippen molar-refractivity contribution in [3.05, 3.63) is 82.8 Å². The number of pyridine rings is 1. The molecule has 186 valence electrons. The molecular formula is C24H19F4N5O3. The summed E-state index contributed by atoms with van der Waals surface area (Å²) in [6.45, 7) is 1.80. The second-order valence-corrected chi connectivity index (χ2v) is 7.80. The number of amides is 3. The van der Waals surface area contributed by atoms with Crippen molar-refractivity contribution >= 4 is 28.7 Å². The number of ether oxygens (including phenoxy) is 1. The van der Waals surface area contributed by atoms with Crippen LogP contribution in [0.5, 0.6) is 5.88 Å². The van der Waals surface area contributed by atoms with Gasteiger partial charge in [0.25, 0.3) is 5.91 Å². The molecule has 0 fully saturated rings. The summed E-state index contributed by atoms with van der Waals surface area (Å²) in [6, 6.07) is 11.4. The first-order valence-corrected chi connectivity index (χ1v) is 10.5. The number of urea groups is 1. The van der Waals surface area contributed by atoms with Gasteiger partial charge in [-0.25, -0.2) is 9.18 Å². The van der Waals surface area contributed by atoms with Crippen LogP contribution >= 0.6 is 0 Å². The predicted octanol–water partition coefficient (Wildman–Crippen LogP) is 4.98. The van der Waals surface area contributed by atoms with E-state index in [0.717, 1.165) is 11.6 Å². The van der Waals surface area contributed by atoms with Crippen LogP contribution in [0.15, 0.2) is 54.6 Å². The molecule has 36 heavy (non-hydrogen) atoms. The summed E-state index contributed by atoms with van der Waals surface area (Å²) in [5, 5.41) is 8.94. The average Bonchev–Trinajstić information content (AvgIpc) is 3.10. The van der Waals surface area contributed by atoms with Gasteiger partial charge in [0.1, 0.15) is 18.0 Å². The van der Waals surface area contributed by atoms with Gasteiger partial charge in [0, 0.05) is 18.1 Å². The molecule has 2 N–H and O–H groups in total. The van der Waals surface area contributed by atoms with Gasteiger partial charge < -0.3 is 10.1 Å². The number of hydrogen-bond acceptors (Lipinski definition) is 5. The number of benzene rings is 2. The summed E-state index contributed by atoms with van der Waals surface area (Å²) in [7, 11) is 1.67. The minimum absolute atomic E-state index is 0.0687. The molecule has 4 aromatic rings. The van der Waals surface area contributed by atoms with Gasteiger partial charge in [-0.2, -0.15) is 23.3 Å². The highest BCUT2D eigenvalue weighted by Crippen LogP contribution is 2.33. The number of halogens is 4. The summed E-state index contributed by atoms with van der Waals surface area (Å²) in [6.07, 6.45) is -4.96. The lowest BCUT2D eigenvalue weighted by Gasteiger charge is -2.13. The summed E-state index contributed by atoms with van der Waals surface area (Å²) in [5.41, 5.74) is -0.154. The molecule has 8 nitrogen and oxygen atoms in total. The Hall–Kier alpha value is -4.48. The number of nitrogens with one attached hydrogen (secondary N) is 2. The van der Waals surface area contributed by atoms with Gasteiger partial charge in [0.05, 0.1) is 11.3 Å². The van der Waals surface area contributed by atoms with Crippen molar-refractivity contribution in [2.24, 2.45) is 7.05 Å². The highest BCUT2D eigenvalue weighted by molar-refractivity contribution is 6.10. The van der Waals surface area contributed by atoms with Crippen molar-refractivity contribution in [1.82, 2.24) is 20.1 Å². The summed E-state index contributed by atoms with van der Waals surface area (Å²) < 4.78 is 59.6. The van der Waals surface area contributed by atoms with E-state index < -0.39 is 29.5 Å². The molecule has 3 amide bonds. The maximum Gasteiger partial charge on any atom is 0.419 e. The van der Waals surface area contributed by atoms with E-state index in [4.69, 9.17) is 4.74 Å². The van der Waals surface area contributed by atoms with Gasteiger partial charge >= 0.3 is 12.2 Å². The maximum atomic E-state index is 13.5. The monoisotopic (exact) mass is 501 g/mol. The summed E-state index contributed by atoms with van der Waals surface area (Å²) in [4.78, 5) is 29.7. The third-order valence-corrected chi connectivity index (χ3v) is 5.18. The number of hydrogen-bond donors (Lipinski definition) is 2. The van der Waals surface area contributed by atoms with E-state index >= 15 is 0 Å². The molecule has 0 aliphatic rings. The molecule has 0 unspecified atom stereocenters. The minimum Gasteiger partial charge on any atom is -0.472 e. The zero-order valence-electron chi connectivity index (χ0n) is 19.0. The normalized spacial score (nSPS) is 11.4. The van der Waals surface area contributed by atoms with E-state index in [2.05, 4.69) is 15.4 Å². The van der Waals surface area contributed by atoms with Crippen LogP contribution in [-0.4, -0.2) is 26.7 Å². The first kappa shape index (κ1) is 24.6. The van der Waals surface area contributed by atoms with Crippen molar-refractivity contribution < 1.29 is 31.9 Å². The zero-order chi connectivity index (χ0) is 26.0. The van der Waals surface area contributed by atoms with E-state index in [1.54, 1.807) is 14.0 Å². The lowest BCUT2D eigenvalue weighted by atomic mass is 10.1. The summed E-state index contributed by atoms with van der Waals surface area (Å²) in [5.74, 6) is -2.47. The van der Waals surface area contributed by atoms with E-state index in [1.807, 2.05) is 35.6 Å². The third-order valence-electron chi connectivity index (χ3n) is 5.18. The maximum absolute atomic E-state index is 13.5. The Morgan fingerprint density at radius 3 is 2.50 bits per heavy atom. The van der Waals surface area contributed by atoms with Gasteiger partial charge in [-0.3, -0.25) is 14.8 Å². The molecule has 4 rings (SSSR count). The molecule has 2 aromatic heterocycles. The molecule has 0 atom stereocenters. The second-order valence-electron chi connectivity index (χ2n) is 7.80. The van der Waals surface area contributed by atoms with E-state index in [9.17, 15) is 27.2 Å². The number of carbonyl (C=O) groups is 2. The quantitative estimate of drug-likeness (QED) is 0.376. The number of aromatic nitrogens is 3. The first-order chi connectivity index (χ1) is 17.0. The second kappa shape index (κ2) is 9.64. The Labute approximate surface area is 201 Å². The Kier molecular flexibility index (Phi) is 6.60. The molecule has 2 aromatic carbocycles. The average molecular weight is 501 g/mol.